The van der Waals surface area contributed by atoms with Crippen molar-refractivity contribution in [2.75, 3.05) is 0 Å². The second-order valence-electron chi connectivity index (χ2n) is 7.89. The highest BCUT2D eigenvalue weighted by atomic mass is 16.5. The number of ether oxygens (including phenoxy) is 1. The van der Waals surface area contributed by atoms with Gasteiger partial charge in [0.05, 0.1) is 12.6 Å². The van der Waals surface area contributed by atoms with Crippen LogP contribution in [-0.4, -0.2) is 12.1 Å². The molecule has 4 aromatic rings. The summed E-state index contributed by atoms with van der Waals surface area (Å²) in [5.74, 6) is 0.608. The van der Waals surface area contributed by atoms with Crippen LogP contribution in [0.1, 0.15) is 27.8 Å². The van der Waals surface area contributed by atoms with Gasteiger partial charge in [-0.1, -0.05) is 72.8 Å². The van der Waals surface area contributed by atoms with Gasteiger partial charge in [0.25, 0.3) is 0 Å². The molecule has 1 N–H and O–H groups in total. The van der Waals surface area contributed by atoms with Crippen LogP contribution in [0.3, 0.4) is 0 Å². The van der Waals surface area contributed by atoms with Crippen LogP contribution in [0.4, 0.5) is 0 Å². The SMILES string of the molecule is Cc1ccc(CC(=O)N/N=C\c2cccc(OCc3cccc4ccccc34)c2)cc1C. The molecular formula is C28H26N2O2. The molecule has 0 aliphatic carbocycles. The monoisotopic (exact) mass is 422 g/mol. The molecule has 0 heterocycles. The van der Waals surface area contributed by atoms with Crippen molar-refractivity contribution in [1.29, 1.82) is 0 Å². The normalized spacial score (nSPS) is 11.1. The van der Waals surface area contributed by atoms with Gasteiger partial charge in [0.1, 0.15) is 12.4 Å². The number of hydrazone groups is 1. The van der Waals surface area contributed by atoms with Crippen LogP contribution in [0.2, 0.25) is 0 Å². The predicted molar refractivity (Wildman–Crippen MR) is 130 cm³/mol. The maximum atomic E-state index is 12.2. The summed E-state index contributed by atoms with van der Waals surface area (Å²) in [6, 6.07) is 28.2. The van der Waals surface area contributed by atoms with Crippen LogP contribution in [0.5, 0.6) is 5.75 Å². The van der Waals surface area contributed by atoms with Gasteiger partial charge >= 0.3 is 0 Å². The first-order valence-corrected chi connectivity index (χ1v) is 10.7. The first kappa shape index (κ1) is 21.3. The number of carbonyl (C=O) groups is 1. The zero-order valence-electron chi connectivity index (χ0n) is 18.3. The highest BCUT2D eigenvalue weighted by Crippen LogP contribution is 2.21. The summed E-state index contributed by atoms with van der Waals surface area (Å²) in [6.07, 6.45) is 1.93. The second-order valence-corrected chi connectivity index (χ2v) is 7.89. The van der Waals surface area contributed by atoms with Crippen molar-refractivity contribution >= 4 is 22.9 Å². The molecule has 0 bridgehead atoms. The average Bonchev–Trinajstić information content (AvgIpc) is 2.80. The zero-order valence-corrected chi connectivity index (χ0v) is 18.3. The third-order valence-electron chi connectivity index (χ3n) is 5.47. The number of nitrogens with one attached hydrogen (secondary N) is 1. The molecule has 0 saturated heterocycles. The lowest BCUT2D eigenvalue weighted by molar-refractivity contribution is -0.120. The van der Waals surface area contributed by atoms with Crippen molar-refractivity contribution in [3.05, 3.63) is 113 Å². The lowest BCUT2D eigenvalue weighted by atomic mass is 10.0. The molecule has 0 unspecified atom stereocenters. The van der Waals surface area contributed by atoms with Crippen molar-refractivity contribution in [3.8, 4) is 5.75 Å². The molecule has 4 heteroatoms. The summed E-state index contributed by atoms with van der Waals surface area (Å²) in [5, 5.41) is 6.49. The van der Waals surface area contributed by atoms with Crippen molar-refractivity contribution < 1.29 is 9.53 Å². The highest BCUT2D eigenvalue weighted by Gasteiger charge is 2.04. The molecule has 1 amide bonds. The van der Waals surface area contributed by atoms with E-state index >= 15 is 0 Å². The van der Waals surface area contributed by atoms with Crippen LogP contribution in [0.25, 0.3) is 10.8 Å². The molecule has 0 aliphatic heterocycles. The van der Waals surface area contributed by atoms with Gasteiger partial charge in [0.15, 0.2) is 0 Å². The number of carbonyl (C=O) groups excluding carboxylic acids is 1. The number of nitrogens with zero attached hydrogens (tertiary/aromatic N) is 1. The Morgan fingerprint density at radius 2 is 1.72 bits per heavy atom. The number of hydrogen-bond acceptors (Lipinski definition) is 3. The first-order valence-electron chi connectivity index (χ1n) is 10.7. The van der Waals surface area contributed by atoms with Gasteiger partial charge in [-0.05, 0) is 64.6 Å². The predicted octanol–water partition coefficient (Wildman–Crippen LogP) is 5.73. The third kappa shape index (κ3) is 5.41. The average molecular weight is 423 g/mol. The van der Waals surface area contributed by atoms with E-state index in [1.54, 1.807) is 6.21 Å². The molecule has 0 spiro atoms. The van der Waals surface area contributed by atoms with E-state index in [2.05, 4.69) is 41.7 Å². The standard InChI is InChI=1S/C28H26N2O2/c1-20-13-14-22(15-21(20)2)17-28(31)30-29-18-23-7-5-11-26(16-23)32-19-25-10-6-9-24-8-3-4-12-27(24)25/h3-16,18H,17,19H2,1-2H3,(H,30,31)/b29-18-. The molecule has 0 atom stereocenters. The van der Waals surface area contributed by atoms with E-state index in [-0.39, 0.29) is 5.91 Å². The quantitative estimate of drug-likeness (QED) is 0.305. The minimum atomic E-state index is -0.145. The van der Waals surface area contributed by atoms with Gasteiger partial charge in [-0.25, -0.2) is 5.43 Å². The number of rotatable bonds is 7. The Balaban J connectivity index is 1.34. The van der Waals surface area contributed by atoms with E-state index in [1.807, 2.05) is 67.6 Å². The summed E-state index contributed by atoms with van der Waals surface area (Å²) >= 11 is 0. The van der Waals surface area contributed by atoms with Crippen LogP contribution in [0, 0.1) is 13.8 Å². The molecule has 32 heavy (non-hydrogen) atoms. The van der Waals surface area contributed by atoms with Crippen molar-refractivity contribution in [1.82, 2.24) is 5.43 Å². The Kier molecular flexibility index (Phi) is 6.61. The molecule has 4 aromatic carbocycles. The van der Waals surface area contributed by atoms with E-state index in [9.17, 15) is 4.79 Å². The Labute approximate surface area is 188 Å². The lowest BCUT2D eigenvalue weighted by Crippen LogP contribution is -2.19. The smallest absolute Gasteiger partial charge is 0.244 e. The molecule has 4 nitrogen and oxygen atoms in total. The molecule has 0 radical (unpaired) electrons. The van der Waals surface area contributed by atoms with E-state index in [4.69, 9.17) is 4.74 Å². The van der Waals surface area contributed by atoms with E-state index in [1.165, 1.54) is 21.9 Å². The second kappa shape index (κ2) is 9.92. The van der Waals surface area contributed by atoms with E-state index in [0.29, 0.717) is 13.0 Å². The number of amides is 1. The summed E-state index contributed by atoms with van der Waals surface area (Å²) in [6.45, 7) is 4.59. The molecule has 0 aromatic heterocycles. The summed E-state index contributed by atoms with van der Waals surface area (Å²) < 4.78 is 6.02. The summed E-state index contributed by atoms with van der Waals surface area (Å²) in [5.41, 5.74) is 7.97. The van der Waals surface area contributed by atoms with Gasteiger partial charge in [-0.3, -0.25) is 4.79 Å². The maximum absolute atomic E-state index is 12.2. The lowest BCUT2D eigenvalue weighted by Gasteiger charge is -2.09. The van der Waals surface area contributed by atoms with Gasteiger partial charge in [0, 0.05) is 0 Å². The fourth-order valence-electron chi connectivity index (χ4n) is 3.58. The first-order chi connectivity index (χ1) is 15.6. The zero-order chi connectivity index (χ0) is 22.3. The van der Waals surface area contributed by atoms with Crippen LogP contribution in [-0.2, 0) is 17.8 Å². The molecule has 160 valence electrons. The van der Waals surface area contributed by atoms with Crippen LogP contribution >= 0.6 is 0 Å². The van der Waals surface area contributed by atoms with Crippen molar-refractivity contribution in [2.24, 2.45) is 5.10 Å². The highest BCUT2D eigenvalue weighted by molar-refractivity contribution is 5.85. The third-order valence-corrected chi connectivity index (χ3v) is 5.47. The van der Waals surface area contributed by atoms with Crippen LogP contribution in [0.15, 0.2) is 90.0 Å². The minimum Gasteiger partial charge on any atom is -0.489 e. The fraction of sp³-hybridized carbons (Fsp3) is 0.143. The van der Waals surface area contributed by atoms with Gasteiger partial charge in [-0.15, -0.1) is 0 Å². The molecular weight excluding hydrogens is 396 g/mol. The number of hydrogen-bond donors (Lipinski definition) is 1. The summed E-state index contributed by atoms with van der Waals surface area (Å²) in [4.78, 5) is 12.2. The van der Waals surface area contributed by atoms with Crippen molar-refractivity contribution in [3.63, 3.8) is 0 Å². The van der Waals surface area contributed by atoms with E-state index < -0.39 is 0 Å². The molecule has 4 rings (SSSR count). The molecule has 0 saturated carbocycles. The Hall–Kier alpha value is -3.92. The maximum Gasteiger partial charge on any atom is 0.244 e. The number of benzene rings is 4. The fourth-order valence-corrected chi connectivity index (χ4v) is 3.58. The Morgan fingerprint density at radius 3 is 2.59 bits per heavy atom. The Morgan fingerprint density at radius 1 is 0.906 bits per heavy atom. The van der Waals surface area contributed by atoms with Gasteiger partial charge < -0.3 is 4.74 Å². The van der Waals surface area contributed by atoms with Gasteiger partial charge in [0.2, 0.25) is 5.91 Å². The molecule has 0 aliphatic rings. The topological polar surface area (TPSA) is 50.7 Å². The number of aryl methyl sites for hydroxylation is 2. The van der Waals surface area contributed by atoms with Gasteiger partial charge in [-0.2, -0.15) is 5.10 Å². The largest absolute Gasteiger partial charge is 0.489 e. The van der Waals surface area contributed by atoms with Crippen molar-refractivity contribution in [2.45, 2.75) is 26.9 Å². The molecule has 0 fully saturated rings. The summed E-state index contributed by atoms with van der Waals surface area (Å²) in [7, 11) is 0. The van der Waals surface area contributed by atoms with E-state index in [0.717, 1.165) is 22.4 Å². The van der Waals surface area contributed by atoms with Crippen LogP contribution < -0.4 is 10.2 Å². The minimum absolute atomic E-state index is 0.145. The number of fused-ring (bicyclic) bond motifs is 1. The Bertz CT molecular complexity index is 1270.